The van der Waals surface area contributed by atoms with Gasteiger partial charge in [0, 0.05) is 25.1 Å². The first-order valence-electron chi connectivity index (χ1n) is 8.60. The predicted octanol–water partition coefficient (Wildman–Crippen LogP) is 3.21. The molecule has 3 aromatic rings. The summed E-state index contributed by atoms with van der Waals surface area (Å²) in [6, 6.07) is 19.0. The van der Waals surface area contributed by atoms with E-state index >= 15 is 0 Å². The fraction of sp³-hybridized carbons (Fsp3) is 0.143. The summed E-state index contributed by atoms with van der Waals surface area (Å²) < 4.78 is 0. The summed E-state index contributed by atoms with van der Waals surface area (Å²) in [5, 5.41) is 5.54. The van der Waals surface area contributed by atoms with Gasteiger partial charge in [0.15, 0.2) is 0 Å². The Morgan fingerprint density at radius 1 is 0.889 bits per heavy atom. The van der Waals surface area contributed by atoms with Gasteiger partial charge >= 0.3 is 0 Å². The SMILES string of the molecule is CC(=O)Nc1cc(Cc2ccc(NC(=O)Cc3ccccc3)cc2)ncn1. The van der Waals surface area contributed by atoms with E-state index in [2.05, 4.69) is 20.6 Å². The molecular formula is C21H20N4O2. The van der Waals surface area contributed by atoms with Crippen molar-refractivity contribution in [1.29, 1.82) is 0 Å². The number of nitrogens with zero attached hydrogens (tertiary/aromatic N) is 2. The Balaban J connectivity index is 1.58. The summed E-state index contributed by atoms with van der Waals surface area (Å²) in [4.78, 5) is 31.5. The maximum Gasteiger partial charge on any atom is 0.228 e. The van der Waals surface area contributed by atoms with E-state index in [-0.39, 0.29) is 11.8 Å². The van der Waals surface area contributed by atoms with Gasteiger partial charge in [0.1, 0.15) is 12.1 Å². The minimum atomic E-state index is -0.171. The average Bonchev–Trinajstić information content (AvgIpc) is 2.64. The van der Waals surface area contributed by atoms with Crippen LogP contribution in [0.5, 0.6) is 0 Å². The second-order valence-electron chi connectivity index (χ2n) is 6.16. The lowest BCUT2D eigenvalue weighted by Gasteiger charge is -2.07. The Hall–Kier alpha value is -3.54. The van der Waals surface area contributed by atoms with Crippen LogP contribution in [0.2, 0.25) is 0 Å². The number of nitrogens with one attached hydrogen (secondary N) is 2. The van der Waals surface area contributed by atoms with Gasteiger partial charge in [-0.15, -0.1) is 0 Å². The summed E-state index contributed by atoms with van der Waals surface area (Å²) in [6.07, 6.45) is 2.38. The molecule has 0 fully saturated rings. The van der Waals surface area contributed by atoms with Crippen molar-refractivity contribution >= 4 is 23.3 Å². The van der Waals surface area contributed by atoms with E-state index < -0.39 is 0 Å². The van der Waals surface area contributed by atoms with Crippen molar-refractivity contribution in [1.82, 2.24) is 9.97 Å². The number of hydrogen-bond acceptors (Lipinski definition) is 4. The van der Waals surface area contributed by atoms with Gasteiger partial charge in [0.2, 0.25) is 11.8 Å². The molecule has 0 aliphatic heterocycles. The van der Waals surface area contributed by atoms with Crippen molar-refractivity contribution in [3.05, 3.63) is 83.8 Å². The predicted molar refractivity (Wildman–Crippen MR) is 104 cm³/mol. The Morgan fingerprint density at radius 3 is 2.33 bits per heavy atom. The first-order valence-corrected chi connectivity index (χ1v) is 8.60. The molecule has 27 heavy (non-hydrogen) atoms. The van der Waals surface area contributed by atoms with Crippen LogP contribution in [-0.4, -0.2) is 21.8 Å². The van der Waals surface area contributed by atoms with Crippen molar-refractivity contribution < 1.29 is 9.59 Å². The van der Waals surface area contributed by atoms with Crippen molar-refractivity contribution in [2.75, 3.05) is 10.6 Å². The first kappa shape index (κ1) is 18.3. The van der Waals surface area contributed by atoms with Crippen LogP contribution in [0.4, 0.5) is 11.5 Å². The standard InChI is InChI=1S/C21H20N4O2/c1-15(26)24-20-13-19(22-14-23-20)11-17-7-9-18(10-8-17)25-21(27)12-16-5-3-2-4-6-16/h2-10,13-14H,11-12H2,1H3,(H,25,27)(H,22,23,24,26). The number of anilines is 2. The molecule has 6 nitrogen and oxygen atoms in total. The number of benzene rings is 2. The van der Waals surface area contributed by atoms with Gasteiger partial charge in [-0.3, -0.25) is 9.59 Å². The van der Waals surface area contributed by atoms with Gasteiger partial charge in [0.05, 0.1) is 12.1 Å². The third-order valence-electron chi connectivity index (χ3n) is 3.86. The van der Waals surface area contributed by atoms with Crippen molar-refractivity contribution in [3.8, 4) is 0 Å². The maximum absolute atomic E-state index is 12.1. The van der Waals surface area contributed by atoms with Crippen LogP contribution in [0.15, 0.2) is 67.0 Å². The van der Waals surface area contributed by atoms with Gasteiger partial charge in [-0.25, -0.2) is 9.97 Å². The van der Waals surface area contributed by atoms with Gasteiger partial charge in [0.25, 0.3) is 0 Å². The maximum atomic E-state index is 12.1. The van der Waals surface area contributed by atoms with Gasteiger partial charge < -0.3 is 10.6 Å². The fourth-order valence-electron chi connectivity index (χ4n) is 2.64. The van der Waals surface area contributed by atoms with E-state index in [9.17, 15) is 9.59 Å². The number of rotatable bonds is 6. The molecule has 1 aromatic heterocycles. The van der Waals surface area contributed by atoms with Crippen LogP contribution in [0, 0.1) is 0 Å². The third kappa shape index (κ3) is 5.74. The van der Waals surface area contributed by atoms with Gasteiger partial charge in [-0.1, -0.05) is 42.5 Å². The molecule has 0 saturated heterocycles. The number of carbonyl (C=O) groups is 2. The average molecular weight is 360 g/mol. The highest BCUT2D eigenvalue weighted by Gasteiger charge is 2.05. The molecule has 0 aliphatic rings. The molecule has 2 amide bonds. The van der Waals surface area contributed by atoms with Crippen LogP contribution in [0.25, 0.3) is 0 Å². The van der Waals surface area contributed by atoms with Crippen LogP contribution in [-0.2, 0) is 22.4 Å². The zero-order valence-corrected chi connectivity index (χ0v) is 15.0. The summed E-state index contributed by atoms with van der Waals surface area (Å²) in [5.74, 6) is 0.261. The minimum absolute atomic E-state index is 0.0512. The topological polar surface area (TPSA) is 84.0 Å². The van der Waals surface area contributed by atoms with Gasteiger partial charge in [-0.2, -0.15) is 0 Å². The quantitative estimate of drug-likeness (QED) is 0.707. The zero-order chi connectivity index (χ0) is 19.1. The van der Waals surface area contributed by atoms with E-state index in [0.717, 1.165) is 22.5 Å². The lowest BCUT2D eigenvalue weighted by molar-refractivity contribution is -0.116. The normalized spacial score (nSPS) is 10.3. The van der Waals surface area contributed by atoms with E-state index in [1.807, 2.05) is 54.6 Å². The van der Waals surface area contributed by atoms with Crippen LogP contribution in [0.1, 0.15) is 23.7 Å². The lowest BCUT2D eigenvalue weighted by Crippen LogP contribution is -2.14. The zero-order valence-electron chi connectivity index (χ0n) is 15.0. The third-order valence-corrected chi connectivity index (χ3v) is 3.86. The van der Waals surface area contributed by atoms with Crippen molar-refractivity contribution in [2.24, 2.45) is 0 Å². The van der Waals surface area contributed by atoms with Crippen LogP contribution >= 0.6 is 0 Å². The van der Waals surface area contributed by atoms with Crippen LogP contribution < -0.4 is 10.6 Å². The lowest BCUT2D eigenvalue weighted by atomic mass is 10.1. The van der Waals surface area contributed by atoms with Crippen molar-refractivity contribution in [2.45, 2.75) is 19.8 Å². The molecule has 0 bridgehead atoms. The first-order chi connectivity index (χ1) is 13.1. The summed E-state index contributed by atoms with van der Waals surface area (Å²) in [7, 11) is 0. The van der Waals surface area contributed by atoms with Gasteiger partial charge in [-0.05, 0) is 23.3 Å². The Kier molecular flexibility index (Phi) is 5.89. The van der Waals surface area contributed by atoms with E-state index in [1.165, 1.54) is 13.3 Å². The molecule has 2 aromatic carbocycles. The molecule has 0 saturated carbocycles. The molecule has 136 valence electrons. The highest BCUT2D eigenvalue weighted by Crippen LogP contribution is 2.14. The fourth-order valence-corrected chi connectivity index (χ4v) is 2.64. The van der Waals surface area contributed by atoms with E-state index in [0.29, 0.717) is 18.7 Å². The molecule has 2 N–H and O–H groups in total. The molecule has 0 radical (unpaired) electrons. The monoisotopic (exact) mass is 360 g/mol. The summed E-state index contributed by atoms with van der Waals surface area (Å²) >= 11 is 0. The molecule has 3 rings (SSSR count). The molecule has 0 spiro atoms. The Morgan fingerprint density at radius 2 is 1.63 bits per heavy atom. The van der Waals surface area contributed by atoms with E-state index in [1.54, 1.807) is 6.07 Å². The number of carbonyl (C=O) groups excluding carboxylic acids is 2. The largest absolute Gasteiger partial charge is 0.326 e. The second kappa shape index (κ2) is 8.71. The summed E-state index contributed by atoms with van der Waals surface area (Å²) in [5.41, 5.74) is 3.57. The van der Waals surface area contributed by atoms with Crippen molar-refractivity contribution in [3.63, 3.8) is 0 Å². The highest BCUT2D eigenvalue weighted by atomic mass is 16.2. The molecule has 6 heteroatoms. The Labute approximate surface area is 157 Å². The molecule has 0 unspecified atom stereocenters. The number of hydrogen-bond donors (Lipinski definition) is 2. The molecule has 1 heterocycles. The van der Waals surface area contributed by atoms with E-state index in [4.69, 9.17) is 0 Å². The molecular weight excluding hydrogens is 340 g/mol. The highest BCUT2D eigenvalue weighted by molar-refractivity contribution is 5.92. The van der Waals surface area contributed by atoms with Crippen LogP contribution in [0.3, 0.4) is 0 Å². The minimum Gasteiger partial charge on any atom is -0.326 e. The number of aromatic nitrogens is 2. The second-order valence-corrected chi connectivity index (χ2v) is 6.16. The number of amides is 2. The smallest absolute Gasteiger partial charge is 0.228 e. The molecule has 0 atom stereocenters. The Bertz CT molecular complexity index is 924. The summed E-state index contributed by atoms with van der Waals surface area (Å²) in [6.45, 7) is 1.44. The molecule has 0 aliphatic carbocycles.